The number of halogens is 8. The maximum Gasteiger partial charge on any atom is 0.416 e. The topological polar surface area (TPSA) is 91.4 Å². The van der Waals surface area contributed by atoms with Crippen molar-refractivity contribution < 1.29 is 50.2 Å². The van der Waals surface area contributed by atoms with Crippen LogP contribution < -0.4 is 5.32 Å². The van der Waals surface area contributed by atoms with Crippen LogP contribution in [0.5, 0.6) is 0 Å². The molecular formula is C43H46Cl2F6N4O5. The third-order valence-electron chi connectivity index (χ3n) is 12.6. The van der Waals surface area contributed by atoms with Crippen molar-refractivity contribution in [3.63, 3.8) is 0 Å². The molecule has 3 fully saturated rings. The smallest absolute Gasteiger partial charge is 0.367 e. The van der Waals surface area contributed by atoms with Crippen LogP contribution in [0.3, 0.4) is 0 Å². The van der Waals surface area contributed by atoms with Gasteiger partial charge in [0.25, 0.3) is 5.91 Å². The van der Waals surface area contributed by atoms with Crippen LogP contribution in [-0.2, 0) is 48.9 Å². The molecule has 3 heterocycles. The van der Waals surface area contributed by atoms with Gasteiger partial charge < -0.3 is 29.5 Å². The van der Waals surface area contributed by atoms with Crippen molar-refractivity contribution in [2.24, 2.45) is 0 Å². The molecule has 3 amide bonds. The monoisotopic (exact) mass is 882 g/mol. The summed E-state index contributed by atoms with van der Waals surface area (Å²) in [6.45, 7) is 4.04. The van der Waals surface area contributed by atoms with E-state index in [1.807, 2.05) is 12.1 Å². The zero-order chi connectivity index (χ0) is 43.0. The van der Waals surface area contributed by atoms with Crippen LogP contribution in [0, 0.1) is 0 Å². The Bertz CT molecular complexity index is 2050. The Morgan fingerprint density at radius 2 is 1.52 bits per heavy atom. The fourth-order valence-corrected chi connectivity index (χ4v) is 9.67. The molecule has 3 saturated heterocycles. The molecule has 0 saturated carbocycles. The summed E-state index contributed by atoms with van der Waals surface area (Å²) >= 11 is 12.7. The van der Waals surface area contributed by atoms with Crippen LogP contribution in [0.4, 0.5) is 26.3 Å². The van der Waals surface area contributed by atoms with Gasteiger partial charge in [-0.25, -0.2) is 0 Å². The minimum absolute atomic E-state index is 0.00155. The van der Waals surface area contributed by atoms with E-state index in [4.69, 9.17) is 32.7 Å². The number of carbonyl (C=O) groups excluding carboxylic acids is 3. The predicted molar refractivity (Wildman–Crippen MR) is 212 cm³/mol. The number of likely N-dealkylation sites (tertiary alicyclic amines) is 2. The summed E-state index contributed by atoms with van der Waals surface area (Å²) in [5, 5.41) is 3.41. The van der Waals surface area contributed by atoms with E-state index >= 15 is 0 Å². The lowest BCUT2D eigenvalue weighted by Gasteiger charge is -2.46. The fourth-order valence-electron chi connectivity index (χ4n) is 9.37. The maximum absolute atomic E-state index is 13.8. The summed E-state index contributed by atoms with van der Waals surface area (Å²) < 4.78 is 95.3. The van der Waals surface area contributed by atoms with E-state index in [9.17, 15) is 40.7 Å². The number of carbonyl (C=O) groups is 3. The molecule has 0 aromatic heterocycles. The highest BCUT2D eigenvalue weighted by atomic mass is 35.5. The van der Waals surface area contributed by atoms with Gasteiger partial charge >= 0.3 is 12.4 Å². The molecule has 0 unspecified atom stereocenters. The highest BCUT2D eigenvalue weighted by Crippen LogP contribution is 2.48. The van der Waals surface area contributed by atoms with E-state index in [1.54, 1.807) is 23.1 Å². The van der Waals surface area contributed by atoms with Crippen molar-refractivity contribution in [2.75, 3.05) is 59.0 Å². The Morgan fingerprint density at radius 3 is 2.15 bits per heavy atom. The molecule has 60 heavy (non-hydrogen) atoms. The van der Waals surface area contributed by atoms with Crippen LogP contribution in [0.2, 0.25) is 10.0 Å². The summed E-state index contributed by atoms with van der Waals surface area (Å²) in [5.74, 6) is -1.16. The average Bonchev–Trinajstić information content (AvgIpc) is 3.51. The van der Waals surface area contributed by atoms with Gasteiger partial charge in [-0.3, -0.25) is 14.4 Å². The van der Waals surface area contributed by atoms with Gasteiger partial charge in [-0.15, -0.1) is 0 Å². The van der Waals surface area contributed by atoms with Crippen molar-refractivity contribution in [1.29, 1.82) is 0 Å². The van der Waals surface area contributed by atoms with Gasteiger partial charge in [0.15, 0.2) is 0 Å². The maximum atomic E-state index is 13.8. The molecule has 1 N–H and O–H groups in total. The number of amides is 3. The van der Waals surface area contributed by atoms with Crippen LogP contribution in [-0.4, -0.2) is 104 Å². The number of hydrogen-bond acceptors (Lipinski definition) is 6. The molecule has 1 spiro atoms. The third kappa shape index (κ3) is 9.45. The van der Waals surface area contributed by atoms with E-state index < -0.39 is 40.6 Å². The highest BCUT2D eigenvalue weighted by molar-refractivity contribution is 6.42. The van der Waals surface area contributed by atoms with Gasteiger partial charge in [-0.1, -0.05) is 53.5 Å². The van der Waals surface area contributed by atoms with Crippen LogP contribution in [0.25, 0.3) is 0 Å². The lowest BCUT2D eigenvalue weighted by Crippen LogP contribution is -2.54. The highest BCUT2D eigenvalue weighted by Gasteiger charge is 2.50. The van der Waals surface area contributed by atoms with Crippen molar-refractivity contribution in [3.8, 4) is 0 Å². The molecule has 0 radical (unpaired) electrons. The molecule has 4 aliphatic rings. The predicted octanol–water partition coefficient (Wildman–Crippen LogP) is 7.89. The second-order valence-electron chi connectivity index (χ2n) is 16.3. The summed E-state index contributed by atoms with van der Waals surface area (Å²) in [7, 11) is 0. The fraction of sp³-hybridized carbons (Fsp3) is 0.512. The number of nitrogens with zero attached hydrogens (tertiary/aromatic N) is 3. The van der Waals surface area contributed by atoms with E-state index in [2.05, 4.69) is 22.3 Å². The molecule has 3 aliphatic heterocycles. The standard InChI is InChI=1S/C43H46Cl2F6N4O5/c1-27(56)52-33-8-13-54(14-9-33)38(57)25-59-37-22-28-4-2-3-5-34(28)40(37)10-15-53(16-11-40)17-12-41(30-6-7-35(44)36(45)24-30)26-55(18-19-60-41)39(58)29-20-31(42(46,47)48)23-32(21-29)43(49,50)51/h2-7,20-21,23-24,33,37H,8-19,22,25-26H2,1H3,(H,52,56)/t37-,41+/m0/s1. The zero-order valence-electron chi connectivity index (χ0n) is 32.9. The number of piperidine rings is 2. The normalized spacial score (nSPS) is 22.5. The average molecular weight is 884 g/mol. The van der Waals surface area contributed by atoms with Crippen molar-refractivity contribution in [2.45, 2.75) is 81.0 Å². The second kappa shape index (κ2) is 17.5. The molecule has 0 bridgehead atoms. The number of alkyl halides is 6. The van der Waals surface area contributed by atoms with Gasteiger partial charge in [-0.2, -0.15) is 26.3 Å². The molecule has 9 nitrogen and oxygen atoms in total. The van der Waals surface area contributed by atoms with E-state index in [1.165, 1.54) is 23.0 Å². The number of morpholine rings is 1. The molecule has 2 atom stereocenters. The lowest BCUT2D eigenvalue weighted by atomic mass is 9.72. The van der Waals surface area contributed by atoms with Crippen molar-refractivity contribution >= 4 is 40.9 Å². The lowest BCUT2D eigenvalue weighted by molar-refractivity contribution is -0.143. The Labute approximate surface area is 354 Å². The quantitative estimate of drug-likeness (QED) is 0.220. The van der Waals surface area contributed by atoms with Gasteiger partial charge in [0, 0.05) is 50.1 Å². The largest absolute Gasteiger partial charge is 0.416 e. The summed E-state index contributed by atoms with van der Waals surface area (Å²) in [6.07, 6.45) is -6.65. The Hall–Kier alpha value is -3.89. The summed E-state index contributed by atoms with van der Waals surface area (Å²) in [5.41, 5.74) is -2.49. The first-order valence-corrected chi connectivity index (χ1v) is 20.8. The van der Waals surface area contributed by atoms with E-state index in [0.29, 0.717) is 76.1 Å². The van der Waals surface area contributed by atoms with E-state index in [0.717, 1.165) is 12.8 Å². The third-order valence-corrected chi connectivity index (χ3v) is 13.3. The minimum atomic E-state index is -5.11. The van der Waals surface area contributed by atoms with Crippen LogP contribution >= 0.6 is 23.2 Å². The second-order valence-corrected chi connectivity index (χ2v) is 17.1. The number of fused-ring (bicyclic) bond motifs is 2. The number of hydrogen-bond donors (Lipinski definition) is 1. The molecular weight excluding hydrogens is 837 g/mol. The summed E-state index contributed by atoms with van der Waals surface area (Å²) in [4.78, 5) is 43.9. The first-order valence-electron chi connectivity index (χ1n) is 20.0. The first-order chi connectivity index (χ1) is 28.4. The number of ether oxygens (including phenoxy) is 2. The number of nitrogens with one attached hydrogen (secondary N) is 1. The molecule has 1 aliphatic carbocycles. The molecule has 7 rings (SSSR count). The molecule has 3 aromatic rings. The Balaban J connectivity index is 1.06. The van der Waals surface area contributed by atoms with Crippen LogP contribution in [0.1, 0.15) is 77.2 Å². The first kappa shape index (κ1) is 44.2. The number of benzene rings is 3. The van der Waals surface area contributed by atoms with Crippen molar-refractivity contribution in [3.05, 3.63) is 104 Å². The summed E-state index contributed by atoms with van der Waals surface area (Å²) in [6, 6.07) is 14.1. The Kier molecular flexibility index (Phi) is 12.9. The molecule has 324 valence electrons. The van der Waals surface area contributed by atoms with Gasteiger partial charge in [0.05, 0.1) is 40.4 Å². The number of rotatable bonds is 9. The van der Waals surface area contributed by atoms with Gasteiger partial charge in [0.1, 0.15) is 12.2 Å². The molecule has 17 heteroatoms. The van der Waals surface area contributed by atoms with Crippen molar-refractivity contribution in [1.82, 2.24) is 20.0 Å². The zero-order valence-corrected chi connectivity index (χ0v) is 34.5. The SMILES string of the molecule is CC(=O)NC1CCN(C(=O)CO[C@H]2Cc3ccccc3C23CCN(CC[C@]2(c4ccc(Cl)c(Cl)c4)CN(C(=O)c4cc(C(F)(F)F)cc(C(F)(F)F)c4)CCO2)CC3)CC1. The van der Waals surface area contributed by atoms with Crippen LogP contribution in [0.15, 0.2) is 60.7 Å². The van der Waals surface area contributed by atoms with Gasteiger partial charge in [-0.05, 0) is 98.6 Å². The molecule has 3 aromatic carbocycles. The minimum Gasteiger partial charge on any atom is -0.367 e. The Morgan fingerprint density at radius 1 is 0.850 bits per heavy atom. The van der Waals surface area contributed by atoms with Gasteiger partial charge in [0.2, 0.25) is 11.8 Å². The van der Waals surface area contributed by atoms with E-state index in [-0.39, 0.29) is 71.8 Å².